The summed E-state index contributed by atoms with van der Waals surface area (Å²) < 4.78 is 0. The van der Waals surface area contributed by atoms with Gasteiger partial charge in [-0.2, -0.15) is 0 Å². The van der Waals surface area contributed by atoms with Crippen molar-refractivity contribution in [1.82, 2.24) is 0 Å². The van der Waals surface area contributed by atoms with Crippen molar-refractivity contribution < 1.29 is 20.1 Å². The van der Waals surface area contributed by atoms with Gasteiger partial charge >= 0.3 is 0 Å². The molecule has 0 fully saturated rings. The topological polar surface area (TPSA) is 77.8 Å². The molecule has 0 bridgehead atoms. The molecule has 0 spiro atoms. The predicted octanol–water partition coefficient (Wildman–Crippen LogP) is 2.93. The average molecular weight is 272 g/mol. The van der Waals surface area contributed by atoms with Gasteiger partial charge in [0.2, 0.25) is 0 Å². The Morgan fingerprint density at radius 2 is 1.65 bits per heavy atom. The first-order valence-electron chi connectivity index (χ1n) is 6.31. The summed E-state index contributed by atoms with van der Waals surface area (Å²) in [5.41, 5.74) is 2.01. The Balaban J connectivity index is 2.16. The molecule has 104 valence electrons. The number of hydrogen-bond donors (Lipinski definition) is 3. The monoisotopic (exact) mass is 272 g/mol. The van der Waals surface area contributed by atoms with Crippen molar-refractivity contribution in [2.24, 2.45) is 0 Å². The zero-order valence-corrected chi connectivity index (χ0v) is 11.1. The number of carbonyl (C=O) groups is 1. The molecule has 0 saturated heterocycles. The number of Topliss-reactive ketones (excluding diaryl/α,β-unsaturated/α-hetero) is 1. The first kappa shape index (κ1) is 13.9. The lowest BCUT2D eigenvalue weighted by Gasteiger charge is -2.08. The molecule has 2 aromatic rings. The van der Waals surface area contributed by atoms with Crippen LogP contribution in [0.15, 0.2) is 36.4 Å². The molecule has 0 saturated carbocycles. The van der Waals surface area contributed by atoms with Crippen molar-refractivity contribution in [1.29, 1.82) is 0 Å². The molecular weight excluding hydrogens is 256 g/mol. The van der Waals surface area contributed by atoms with Gasteiger partial charge in [-0.1, -0.05) is 24.3 Å². The third kappa shape index (κ3) is 2.91. The molecule has 4 nitrogen and oxygen atoms in total. The Morgan fingerprint density at radius 3 is 2.25 bits per heavy atom. The molecule has 20 heavy (non-hydrogen) atoms. The summed E-state index contributed by atoms with van der Waals surface area (Å²) in [7, 11) is 0. The molecule has 0 aliphatic rings. The minimum Gasteiger partial charge on any atom is -0.508 e. The fourth-order valence-electron chi connectivity index (χ4n) is 2.15. The van der Waals surface area contributed by atoms with Gasteiger partial charge in [0.1, 0.15) is 22.8 Å². The van der Waals surface area contributed by atoms with Crippen LogP contribution in [0.1, 0.15) is 27.9 Å². The quantitative estimate of drug-likeness (QED) is 0.748. The van der Waals surface area contributed by atoms with Gasteiger partial charge in [-0.25, -0.2) is 0 Å². The molecule has 0 aromatic heterocycles. The maximum Gasteiger partial charge on any atom is 0.170 e. The smallest absolute Gasteiger partial charge is 0.170 e. The van der Waals surface area contributed by atoms with Gasteiger partial charge < -0.3 is 15.3 Å². The maximum absolute atomic E-state index is 12.1. The largest absolute Gasteiger partial charge is 0.508 e. The SMILES string of the molecule is Cc1ccccc1CCC(=O)c1c(O)cc(O)cc1O. The average Bonchev–Trinajstić information content (AvgIpc) is 2.36. The summed E-state index contributed by atoms with van der Waals surface area (Å²) in [6, 6.07) is 9.83. The van der Waals surface area contributed by atoms with Crippen molar-refractivity contribution >= 4 is 5.78 Å². The van der Waals surface area contributed by atoms with Crippen LogP contribution >= 0.6 is 0 Å². The van der Waals surface area contributed by atoms with Crippen molar-refractivity contribution in [3.05, 3.63) is 53.1 Å². The highest BCUT2D eigenvalue weighted by Gasteiger charge is 2.17. The van der Waals surface area contributed by atoms with Gasteiger partial charge in [0.25, 0.3) is 0 Å². The van der Waals surface area contributed by atoms with E-state index >= 15 is 0 Å². The molecule has 2 aromatic carbocycles. The molecule has 0 unspecified atom stereocenters. The Kier molecular flexibility index (Phi) is 3.94. The van der Waals surface area contributed by atoms with Gasteiger partial charge in [0.05, 0.1) is 0 Å². The Bertz CT molecular complexity index is 624. The molecular formula is C16H16O4. The highest BCUT2D eigenvalue weighted by atomic mass is 16.3. The lowest BCUT2D eigenvalue weighted by Crippen LogP contribution is -2.03. The van der Waals surface area contributed by atoms with Gasteiger partial charge in [-0.15, -0.1) is 0 Å². The van der Waals surface area contributed by atoms with Gasteiger partial charge in [0.15, 0.2) is 5.78 Å². The van der Waals surface area contributed by atoms with E-state index in [0.717, 1.165) is 23.3 Å². The minimum atomic E-state index is -0.405. The number of benzene rings is 2. The molecule has 0 aliphatic carbocycles. The van der Waals surface area contributed by atoms with E-state index in [1.165, 1.54) is 0 Å². The summed E-state index contributed by atoms with van der Waals surface area (Å²) >= 11 is 0. The van der Waals surface area contributed by atoms with Crippen molar-refractivity contribution in [3.8, 4) is 17.2 Å². The molecule has 3 N–H and O–H groups in total. The highest BCUT2D eigenvalue weighted by Crippen LogP contribution is 2.33. The minimum absolute atomic E-state index is 0.142. The molecule has 0 amide bonds. The van der Waals surface area contributed by atoms with E-state index < -0.39 is 11.5 Å². The second-order valence-corrected chi connectivity index (χ2v) is 4.71. The highest BCUT2D eigenvalue weighted by molar-refractivity contribution is 6.01. The number of phenols is 3. The van der Waals surface area contributed by atoms with Crippen LogP contribution in [0, 0.1) is 6.92 Å². The van der Waals surface area contributed by atoms with Crippen molar-refractivity contribution in [3.63, 3.8) is 0 Å². The summed E-state index contributed by atoms with van der Waals surface area (Å²) in [5.74, 6) is -1.45. The third-order valence-electron chi connectivity index (χ3n) is 3.24. The van der Waals surface area contributed by atoms with E-state index in [1.807, 2.05) is 31.2 Å². The van der Waals surface area contributed by atoms with E-state index in [-0.39, 0.29) is 23.5 Å². The second kappa shape index (κ2) is 5.65. The normalized spacial score (nSPS) is 10.4. The molecule has 0 radical (unpaired) electrons. The number of phenolic OH excluding ortho intramolecular Hbond substituents is 3. The Morgan fingerprint density at radius 1 is 1.05 bits per heavy atom. The van der Waals surface area contributed by atoms with E-state index in [0.29, 0.717) is 6.42 Å². The zero-order valence-electron chi connectivity index (χ0n) is 11.1. The van der Waals surface area contributed by atoms with Gasteiger partial charge in [-0.05, 0) is 24.5 Å². The molecule has 0 atom stereocenters. The maximum atomic E-state index is 12.1. The standard InChI is InChI=1S/C16H16O4/c1-10-4-2-3-5-11(10)6-7-13(18)16-14(19)8-12(17)9-15(16)20/h2-5,8-9,17,19-20H,6-7H2,1H3. The predicted molar refractivity (Wildman–Crippen MR) is 75.3 cm³/mol. The number of aromatic hydroxyl groups is 3. The summed E-state index contributed by atoms with van der Waals surface area (Å²) in [6.07, 6.45) is 0.710. The van der Waals surface area contributed by atoms with Crippen molar-refractivity contribution in [2.75, 3.05) is 0 Å². The lowest BCUT2D eigenvalue weighted by molar-refractivity contribution is 0.0977. The fourth-order valence-corrected chi connectivity index (χ4v) is 2.15. The van der Waals surface area contributed by atoms with Crippen LogP contribution in [0.25, 0.3) is 0 Å². The van der Waals surface area contributed by atoms with Crippen molar-refractivity contribution in [2.45, 2.75) is 19.8 Å². The number of hydrogen-bond acceptors (Lipinski definition) is 4. The van der Waals surface area contributed by atoms with E-state index in [9.17, 15) is 20.1 Å². The molecule has 0 heterocycles. The Labute approximate surface area is 116 Å². The zero-order chi connectivity index (χ0) is 14.7. The molecule has 2 rings (SSSR count). The number of aryl methyl sites for hydroxylation is 2. The number of carbonyl (C=O) groups excluding carboxylic acids is 1. The lowest BCUT2D eigenvalue weighted by atomic mass is 9.98. The van der Waals surface area contributed by atoms with E-state index in [2.05, 4.69) is 0 Å². The molecule has 0 aliphatic heterocycles. The Hall–Kier alpha value is -2.49. The van der Waals surface area contributed by atoms with Gasteiger partial charge in [0, 0.05) is 18.6 Å². The van der Waals surface area contributed by atoms with Crippen LogP contribution in [0.2, 0.25) is 0 Å². The van der Waals surface area contributed by atoms with Crippen LogP contribution in [0.4, 0.5) is 0 Å². The van der Waals surface area contributed by atoms with Crippen LogP contribution in [0.5, 0.6) is 17.2 Å². The van der Waals surface area contributed by atoms with E-state index in [4.69, 9.17) is 0 Å². The summed E-state index contributed by atoms with van der Waals surface area (Å²) in [5, 5.41) is 28.5. The van der Waals surface area contributed by atoms with Crippen LogP contribution < -0.4 is 0 Å². The van der Waals surface area contributed by atoms with Crippen LogP contribution in [-0.2, 0) is 6.42 Å². The first-order valence-corrected chi connectivity index (χ1v) is 6.31. The van der Waals surface area contributed by atoms with Crippen LogP contribution in [0.3, 0.4) is 0 Å². The second-order valence-electron chi connectivity index (χ2n) is 4.71. The first-order chi connectivity index (χ1) is 9.49. The fraction of sp³-hybridized carbons (Fsp3) is 0.188. The molecule has 4 heteroatoms. The van der Waals surface area contributed by atoms with Crippen LogP contribution in [-0.4, -0.2) is 21.1 Å². The summed E-state index contributed by atoms with van der Waals surface area (Å²) in [6.45, 7) is 1.97. The van der Waals surface area contributed by atoms with E-state index in [1.54, 1.807) is 0 Å². The number of rotatable bonds is 4. The number of ketones is 1. The summed E-state index contributed by atoms with van der Waals surface area (Å²) in [4.78, 5) is 12.1. The van der Waals surface area contributed by atoms with Gasteiger partial charge in [-0.3, -0.25) is 4.79 Å². The third-order valence-corrected chi connectivity index (χ3v) is 3.24.